The number of carbonyl (C=O) groups excluding carboxylic acids is 1. The molecule has 0 aliphatic carbocycles. The van der Waals surface area contributed by atoms with Gasteiger partial charge in [0.1, 0.15) is 11.8 Å². The summed E-state index contributed by atoms with van der Waals surface area (Å²) < 4.78 is 5.10. The minimum atomic E-state index is -0.304. The van der Waals surface area contributed by atoms with E-state index >= 15 is 0 Å². The molecule has 0 bridgehead atoms. The van der Waals surface area contributed by atoms with Crippen molar-refractivity contribution >= 4 is 5.91 Å². The highest BCUT2D eigenvalue weighted by molar-refractivity contribution is 5.86. The van der Waals surface area contributed by atoms with Crippen LogP contribution < -0.4 is 10.1 Å². The molecule has 1 N–H and O–H groups in total. The maximum absolute atomic E-state index is 12.1. The highest BCUT2D eigenvalue weighted by atomic mass is 16.5. The standard InChI is InChI=1S/C13H18N2O2/c1-13(2)14-11(12(16)15(13)3)9-5-7-10(17-4)8-6-9/h5-8,11,14H,1-4H3/t11-/m1/s1. The van der Waals surface area contributed by atoms with Crippen LogP contribution in [0, 0.1) is 0 Å². The van der Waals surface area contributed by atoms with Gasteiger partial charge in [-0.15, -0.1) is 0 Å². The Morgan fingerprint density at radius 1 is 1.29 bits per heavy atom. The van der Waals surface area contributed by atoms with Crippen molar-refractivity contribution in [1.29, 1.82) is 0 Å². The van der Waals surface area contributed by atoms with E-state index in [1.807, 2.05) is 45.2 Å². The van der Waals surface area contributed by atoms with Crippen LogP contribution in [0.5, 0.6) is 5.75 Å². The molecule has 4 heteroatoms. The number of hydrogen-bond acceptors (Lipinski definition) is 3. The van der Waals surface area contributed by atoms with Crippen LogP contribution in [0.15, 0.2) is 24.3 Å². The van der Waals surface area contributed by atoms with Gasteiger partial charge in [-0.25, -0.2) is 0 Å². The van der Waals surface area contributed by atoms with Crippen molar-refractivity contribution < 1.29 is 9.53 Å². The first-order chi connectivity index (χ1) is 7.95. The SMILES string of the molecule is COc1ccc([C@H]2NC(C)(C)N(C)C2=O)cc1. The number of rotatable bonds is 2. The number of nitrogens with zero attached hydrogens (tertiary/aromatic N) is 1. The van der Waals surface area contributed by atoms with E-state index < -0.39 is 0 Å². The molecular weight excluding hydrogens is 216 g/mol. The Bertz CT molecular complexity index is 426. The number of methoxy groups -OCH3 is 1. The molecule has 17 heavy (non-hydrogen) atoms. The summed E-state index contributed by atoms with van der Waals surface area (Å²) in [7, 11) is 3.45. The van der Waals surface area contributed by atoms with Crippen LogP contribution in [0.25, 0.3) is 0 Å². The van der Waals surface area contributed by atoms with E-state index in [1.165, 1.54) is 0 Å². The van der Waals surface area contributed by atoms with Crippen LogP contribution in [0.1, 0.15) is 25.5 Å². The van der Waals surface area contributed by atoms with Crippen LogP contribution in [-0.2, 0) is 4.79 Å². The lowest BCUT2D eigenvalue weighted by molar-refractivity contribution is -0.130. The van der Waals surface area contributed by atoms with Crippen molar-refractivity contribution in [1.82, 2.24) is 10.2 Å². The molecule has 2 rings (SSSR count). The van der Waals surface area contributed by atoms with Gasteiger partial charge in [0.2, 0.25) is 5.91 Å². The topological polar surface area (TPSA) is 41.6 Å². The van der Waals surface area contributed by atoms with Gasteiger partial charge in [0.25, 0.3) is 0 Å². The predicted octanol–water partition coefficient (Wildman–Crippen LogP) is 1.53. The van der Waals surface area contributed by atoms with Crippen LogP contribution >= 0.6 is 0 Å². The van der Waals surface area contributed by atoms with Crippen molar-refractivity contribution in [2.75, 3.05) is 14.2 Å². The average Bonchev–Trinajstić information content (AvgIpc) is 2.53. The summed E-state index contributed by atoms with van der Waals surface area (Å²) in [4.78, 5) is 13.8. The summed E-state index contributed by atoms with van der Waals surface area (Å²) in [6.45, 7) is 3.99. The highest BCUT2D eigenvalue weighted by Crippen LogP contribution is 2.29. The van der Waals surface area contributed by atoms with Gasteiger partial charge in [0.15, 0.2) is 0 Å². The lowest BCUT2D eigenvalue weighted by Gasteiger charge is -2.26. The first-order valence-corrected chi connectivity index (χ1v) is 5.65. The molecule has 1 amide bonds. The Balaban J connectivity index is 2.26. The Labute approximate surface area is 102 Å². The molecule has 0 unspecified atom stereocenters. The van der Waals surface area contributed by atoms with E-state index in [4.69, 9.17) is 4.74 Å². The van der Waals surface area contributed by atoms with Gasteiger partial charge in [-0.3, -0.25) is 10.1 Å². The van der Waals surface area contributed by atoms with Gasteiger partial charge >= 0.3 is 0 Å². The third kappa shape index (κ3) is 2.00. The van der Waals surface area contributed by atoms with Gasteiger partial charge in [0, 0.05) is 7.05 Å². The summed E-state index contributed by atoms with van der Waals surface area (Å²) in [6, 6.07) is 7.32. The number of nitrogens with one attached hydrogen (secondary N) is 1. The van der Waals surface area contributed by atoms with Gasteiger partial charge < -0.3 is 9.64 Å². The van der Waals surface area contributed by atoms with Crippen LogP contribution in [0.4, 0.5) is 0 Å². The zero-order valence-corrected chi connectivity index (χ0v) is 10.7. The normalized spacial score (nSPS) is 22.9. The number of likely N-dealkylation sites (N-methyl/N-ethyl adjacent to an activating group) is 1. The molecule has 1 saturated heterocycles. The summed E-state index contributed by atoms with van der Waals surface area (Å²) in [5.74, 6) is 0.895. The Morgan fingerprint density at radius 2 is 1.88 bits per heavy atom. The van der Waals surface area contributed by atoms with E-state index in [0.717, 1.165) is 11.3 Å². The van der Waals surface area contributed by atoms with Crippen LogP contribution in [-0.4, -0.2) is 30.6 Å². The monoisotopic (exact) mass is 234 g/mol. The van der Waals surface area contributed by atoms with E-state index in [9.17, 15) is 4.79 Å². The predicted molar refractivity (Wildman–Crippen MR) is 65.7 cm³/mol. The summed E-state index contributed by atoms with van der Waals surface area (Å²) >= 11 is 0. The molecule has 0 spiro atoms. The fourth-order valence-electron chi connectivity index (χ4n) is 2.00. The van der Waals surface area contributed by atoms with Crippen molar-refractivity contribution in [2.24, 2.45) is 0 Å². The number of benzene rings is 1. The molecule has 1 aliphatic rings. The Kier molecular flexibility index (Phi) is 2.83. The zero-order valence-electron chi connectivity index (χ0n) is 10.7. The minimum absolute atomic E-state index is 0.0974. The summed E-state index contributed by atoms with van der Waals surface area (Å²) in [6.07, 6.45) is 0. The maximum atomic E-state index is 12.1. The van der Waals surface area contributed by atoms with E-state index in [0.29, 0.717) is 0 Å². The molecule has 92 valence electrons. The van der Waals surface area contributed by atoms with Crippen molar-refractivity contribution in [3.05, 3.63) is 29.8 Å². The van der Waals surface area contributed by atoms with Gasteiger partial charge in [0.05, 0.1) is 12.8 Å². The van der Waals surface area contributed by atoms with Crippen LogP contribution in [0.2, 0.25) is 0 Å². The molecule has 0 saturated carbocycles. The lowest BCUT2D eigenvalue weighted by Crippen LogP contribution is -2.44. The van der Waals surface area contributed by atoms with E-state index in [2.05, 4.69) is 5.32 Å². The lowest BCUT2D eigenvalue weighted by atomic mass is 10.1. The van der Waals surface area contributed by atoms with Crippen molar-refractivity contribution in [3.8, 4) is 5.75 Å². The molecule has 1 atom stereocenters. The Hall–Kier alpha value is -1.55. The molecule has 4 nitrogen and oxygen atoms in total. The number of carbonyl (C=O) groups is 1. The Morgan fingerprint density at radius 3 is 2.29 bits per heavy atom. The van der Waals surface area contributed by atoms with Crippen LogP contribution in [0.3, 0.4) is 0 Å². The summed E-state index contributed by atoms with van der Waals surface area (Å²) in [5.41, 5.74) is 0.662. The van der Waals surface area contributed by atoms with Gasteiger partial charge in [-0.1, -0.05) is 12.1 Å². The molecular formula is C13H18N2O2. The second kappa shape index (κ2) is 4.04. The van der Waals surface area contributed by atoms with Crippen molar-refractivity contribution in [2.45, 2.75) is 25.6 Å². The largest absolute Gasteiger partial charge is 0.497 e. The molecule has 1 aromatic carbocycles. The second-order valence-electron chi connectivity index (χ2n) is 4.81. The first-order valence-electron chi connectivity index (χ1n) is 5.65. The van der Waals surface area contributed by atoms with Crippen molar-refractivity contribution in [3.63, 3.8) is 0 Å². The number of ether oxygens (including phenoxy) is 1. The fraction of sp³-hybridized carbons (Fsp3) is 0.462. The van der Waals surface area contributed by atoms with Gasteiger partial charge in [-0.05, 0) is 31.5 Å². The third-order valence-corrected chi connectivity index (χ3v) is 3.36. The molecule has 1 aliphatic heterocycles. The van der Waals surface area contributed by atoms with E-state index in [-0.39, 0.29) is 17.6 Å². The third-order valence-electron chi connectivity index (χ3n) is 3.36. The summed E-state index contributed by atoms with van der Waals surface area (Å²) in [5, 5.41) is 3.32. The number of amides is 1. The van der Waals surface area contributed by atoms with E-state index in [1.54, 1.807) is 12.0 Å². The molecule has 1 heterocycles. The highest BCUT2D eigenvalue weighted by Gasteiger charge is 2.42. The average molecular weight is 234 g/mol. The zero-order chi connectivity index (χ0) is 12.6. The molecule has 0 radical (unpaired) electrons. The molecule has 0 aromatic heterocycles. The fourth-order valence-corrected chi connectivity index (χ4v) is 2.00. The maximum Gasteiger partial charge on any atom is 0.245 e. The number of hydrogen-bond donors (Lipinski definition) is 1. The molecule has 1 aromatic rings. The minimum Gasteiger partial charge on any atom is -0.497 e. The first kappa shape index (κ1) is 11.9. The second-order valence-corrected chi connectivity index (χ2v) is 4.81. The smallest absolute Gasteiger partial charge is 0.245 e. The quantitative estimate of drug-likeness (QED) is 0.844. The molecule has 1 fully saturated rings. The van der Waals surface area contributed by atoms with Gasteiger partial charge in [-0.2, -0.15) is 0 Å².